The van der Waals surface area contributed by atoms with Crippen LogP contribution < -0.4 is 14.8 Å². The number of carbonyl (C=O) groups is 1. The average molecular weight is 386 g/mol. The molecule has 0 bridgehead atoms. The lowest BCUT2D eigenvalue weighted by Gasteiger charge is -2.35. The Morgan fingerprint density at radius 3 is 2.46 bits per heavy atom. The van der Waals surface area contributed by atoms with Gasteiger partial charge in [0.1, 0.15) is 19.0 Å². The molecule has 2 aliphatic rings. The Kier molecular flexibility index (Phi) is 5.73. The highest BCUT2D eigenvalue weighted by molar-refractivity contribution is 5.94. The molecule has 1 atom stereocenters. The molecule has 2 aromatic rings. The number of halogens is 1. The number of hydrogen-bond donors (Lipinski definition) is 1. The van der Waals surface area contributed by atoms with Gasteiger partial charge in [-0.15, -0.1) is 0 Å². The number of benzene rings is 2. The highest BCUT2D eigenvalue weighted by Gasteiger charge is 2.24. The molecule has 1 unspecified atom stereocenters. The SMILES string of the molecule is O=C(NCC(c1ccc(F)cc1)N1CCOCC1)c1ccc2c(c1)OCCO2. The Bertz CT molecular complexity index is 822. The van der Waals surface area contributed by atoms with Gasteiger partial charge in [0, 0.05) is 25.2 Å². The van der Waals surface area contributed by atoms with E-state index in [2.05, 4.69) is 10.2 Å². The first-order chi connectivity index (χ1) is 13.7. The van der Waals surface area contributed by atoms with Crippen LogP contribution in [0.25, 0.3) is 0 Å². The maximum atomic E-state index is 13.3. The summed E-state index contributed by atoms with van der Waals surface area (Å²) in [5, 5.41) is 3.00. The van der Waals surface area contributed by atoms with E-state index in [1.807, 2.05) is 0 Å². The quantitative estimate of drug-likeness (QED) is 0.855. The molecule has 0 spiro atoms. The number of nitrogens with zero attached hydrogens (tertiary/aromatic N) is 1. The molecule has 0 aliphatic carbocycles. The first-order valence-electron chi connectivity index (χ1n) is 9.46. The Hall–Kier alpha value is -2.64. The fourth-order valence-electron chi connectivity index (χ4n) is 3.51. The van der Waals surface area contributed by atoms with Gasteiger partial charge in [0.15, 0.2) is 11.5 Å². The van der Waals surface area contributed by atoms with Crippen molar-refractivity contribution < 1.29 is 23.4 Å². The van der Waals surface area contributed by atoms with E-state index in [-0.39, 0.29) is 17.8 Å². The van der Waals surface area contributed by atoms with E-state index in [4.69, 9.17) is 14.2 Å². The standard InChI is InChI=1S/C21H23FN2O4/c22-17-4-1-15(2-5-17)18(24-7-9-26-10-8-24)14-23-21(25)16-3-6-19-20(13-16)28-12-11-27-19/h1-6,13,18H,7-12,14H2,(H,23,25). The molecule has 1 saturated heterocycles. The van der Waals surface area contributed by atoms with Crippen LogP contribution in [0.3, 0.4) is 0 Å². The van der Waals surface area contributed by atoms with E-state index < -0.39 is 0 Å². The molecule has 2 heterocycles. The van der Waals surface area contributed by atoms with Gasteiger partial charge in [-0.1, -0.05) is 12.1 Å². The molecular formula is C21H23FN2O4. The van der Waals surface area contributed by atoms with Crippen LogP contribution in [-0.4, -0.2) is 56.9 Å². The Morgan fingerprint density at radius 2 is 1.71 bits per heavy atom. The van der Waals surface area contributed by atoms with Crippen LogP contribution in [0, 0.1) is 5.82 Å². The molecule has 4 rings (SSSR count). The second kappa shape index (κ2) is 8.58. The van der Waals surface area contributed by atoms with Crippen LogP contribution in [0.4, 0.5) is 4.39 Å². The summed E-state index contributed by atoms with van der Waals surface area (Å²) in [4.78, 5) is 14.9. The van der Waals surface area contributed by atoms with Gasteiger partial charge in [0.25, 0.3) is 5.91 Å². The number of carbonyl (C=O) groups excluding carboxylic acids is 1. The van der Waals surface area contributed by atoms with Gasteiger partial charge in [-0.3, -0.25) is 9.69 Å². The summed E-state index contributed by atoms with van der Waals surface area (Å²) in [7, 11) is 0. The normalized spacial score (nSPS) is 17.8. The summed E-state index contributed by atoms with van der Waals surface area (Å²) in [6.45, 7) is 4.23. The van der Waals surface area contributed by atoms with Crippen molar-refractivity contribution in [3.8, 4) is 11.5 Å². The van der Waals surface area contributed by atoms with Crippen molar-refractivity contribution in [2.24, 2.45) is 0 Å². The molecule has 0 aromatic heterocycles. The second-order valence-electron chi connectivity index (χ2n) is 6.78. The highest BCUT2D eigenvalue weighted by atomic mass is 19.1. The van der Waals surface area contributed by atoms with Crippen LogP contribution in [0.15, 0.2) is 42.5 Å². The number of morpholine rings is 1. The van der Waals surface area contributed by atoms with Crippen molar-refractivity contribution in [2.45, 2.75) is 6.04 Å². The van der Waals surface area contributed by atoms with E-state index >= 15 is 0 Å². The molecule has 2 aliphatic heterocycles. The van der Waals surface area contributed by atoms with Crippen LogP contribution in [0.2, 0.25) is 0 Å². The molecule has 28 heavy (non-hydrogen) atoms. The zero-order valence-electron chi connectivity index (χ0n) is 15.5. The van der Waals surface area contributed by atoms with Crippen LogP contribution >= 0.6 is 0 Å². The van der Waals surface area contributed by atoms with Gasteiger partial charge in [0.05, 0.1) is 19.3 Å². The first-order valence-corrected chi connectivity index (χ1v) is 9.46. The summed E-state index contributed by atoms with van der Waals surface area (Å²) in [6, 6.07) is 11.6. The van der Waals surface area contributed by atoms with Gasteiger partial charge in [-0.2, -0.15) is 0 Å². The fourth-order valence-corrected chi connectivity index (χ4v) is 3.51. The molecule has 1 amide bonds. The van der Waals surface area contributed by atoms with Crippen molar-refractivity contribution in [3.05, 3.63) is 59.4 Å². The third-order valence-corrected chi connectivity index (χ3v) is 5.00. The van der Waals surface area contributed by atoms with Gasteiger partial charge in [0.2, 0.25) is 0 Å². The highest BCUT2D eigenvalue weighted by Crippen LogP contribution is 2.30. The molecule has 6 nitrogen and oxygen atoms in total. The van der Waals surface area contributed by atoms with E-state index in [0.717, 1.165) is 18.7 Å². The minimum Gasteiger partial charge on any atom is -0.486 e. The summed E-state index contributed by atoms with van der Waals surface area (Å²) in [6.07, 6.45) is 0. The minimum atomic E-state index is -0.273. The minimum absolute atomic E-state index is 0.0503. The molecule has 0 saturated carbocycles. The predicted octanol–water partition coefficient (Wildman–Crippen LogP) is 2.40. The monoisotopic (exact) mass is 386 g/mol. The zero-order chi connectivity index (χ0) is 19.3. The second-order valence-corrected chi connectivity index (χ2v) is 6.78. The predicted molar refractivity (Wildman–Crippen MR) is 101 cm³/mol. The Morgan fingerprint density at radius 1 is 1.00 bits per heavy atom. The van der Waals surface area contributed by atoms with Gasteiger partial charge in [-0.05, 0) is 35.9 Å². The van der Waals surface area contributed by atoms with Crippen molar-refractivity contribution in [3.63, 3.8) is 0 Å². The number of rotatable bonds is 5. The topological polar surface area (TPSA) is 60.0 Å². The lowest BCUT2D eigenvalue weighted by atomic mass is 10.0. The van der Waals surface area contributed by atoms with Crippen LogP contribution in [-0.2, 0) is 4.74 Å². The van der Waals surface area contributed by atoms with Crippen molar-refractivity contribution >= 4 is 5.91 Å². The molecule has 1 N–H and O–H groups in total. The Labute approximate surface area is 163 Å². The molecule has 2 aromatic carbocycles. The molecular weight excluding hydrogens is 363 g/mol. The van der Waals surface area contributed by atoms with Gasteiger partial charge < -0.3 is 19.5 Å². The molecule has 7 heteroatoms. The van der Waals surface area contributed by atoms with Crippen molar-refractivity contribution in [1.82, 2.24) is 10.2 Å². The largest absolute Gasteiger partial charge is 0.486 e. The van der Waals surface area contributed by atoms with Crippen LogP contribution in [0.5, 0.6) is 11.5 Å². The number of amides is 1. The lowest BCUT2D eigenvalue weighted by Crippen LogP contribution is -2.43. The summed E-state index contributed by atoms with van der Waals surface area (Å²) < 4.78 is 29.8. The maximum absolute atomic E-state index is 13.3. The third kappa shape index (κ3) is 4.26. The third-order valence-electron chi connectivity index (χ3n) is 5.00. The Balaban J connectivity index is 1.47. The van der Waals surface area contributed by atoms with Crippen molar-refractivity contribution in [2.75, 3.05) is 46.1 Å². The lowest BCUT2D eigenvalue weighted by molar-refractivity contribution is 0.0162. The molecule has 0 radical (unpaired) electrons. The van der Waals surface area contributed by atoms with E-state index in [1.54, 1.807) is 30.3 Å². The van der Waals surface area contributed by atoms with E-state index in [0.29, 0.717) is 50.0 Å². The van der Waals surface area contributed by atoms with Gasteiger partial charge >= 0.3 is 0 Å². The molecule has 1 fully saturated rings. The van der Waals surface area contributed by atoms with Gasteiger partial charge in [-0.25, -0.2) is 4.39 Å². The summed E-state index contributed by atoms with van der Waals surface area (Å²) in [5.41, 5.74) is 1.48. The van der Waals surface area contributed by atoms with Crippen LogP contribution in [0.1, 0.15) is 22.0 Å². The number of nitrogens with one attached hydrogen (secondary N) is 1. The zero-order valence-corrected chi connectivity index (χ0v) is 15.5. The smallest absolute Gasteiger partial charge is 0.251 e. The first kappa shape index (κ1) is 18.7. The summed E-state index contributed by atoms with van der Waals surface area (Å²) in [5.74, 6) is 0.782. The van der Waals surface area contributed by atoms with E-state index in [9.17, 15) is 9.18 Å². The maximum Gasteiger partial charge on any atom is 0.251 e. The van der Waals surface area contributed by atoms with Crippen molar-refractivity contribution in [1.29, 1.82) is 0 Å². The average Bonchev–Trinajstić information content (AvgIpc) is 2.75. The molecule has 148 valence electrons. The number of hydrogen-bond acceptors (Lipinski definition) is 5. The summed E-state index contributed by atoms with van der Waals surface area (Å²) >= 11 is 0. The number of ether oxygens (including phenoxy) is 3. The fraction of sp³-hybridized carbons (Fsp3) is 0.381. The van der Waals surface area contributed by atoms with E-state index in [1.165, 1.54) is 12.1 Å². The number of fused-ring (bicyclic) bond motifs is 1.